The van der Waals surface area contributed by atoms with E-state index in [-0.39, 0.29) is 0 Å². The highest BCUT2D eigenvalue weighted by Crippen LogP contribution is 2.54. The van der Waals surface area contributed by atoms with Gasteiger partial charge in [0.25, 0.3) is 0 Å². The summed E-state index contributed by atoms with van der Waals surface area (Å²) in [7, 11) is 0. The summed E-state index contributed by atoms with van der Waals surface area (Å²) < 4.78 is 1.09. The van der Waals surface area contributed by atoms with Crippen molar-refractivity contribution in [3.05, 3.63) is 27.7 Å². The van der Waals surface area contributed by atoms with Crippen molar-refractivity contribution < 1.29 is 0 Å². The van der Waals surface area contributed by atoms with E-state index in [9.17, 15) is 0 Å². The Bertz CT molecular complexity index is 474. The molecule has 19 heavy (non-hydrogen) atoms. The molecule has 0 spiro atoms. The van der Waals surface area contributed by atoms with Gasteiger partial charge in [-0.25, -0.2) is 0 Å². The van der Waals surface area contributed by atoms with Gasteiger partial charge < -0.3 is 5.32 Å². The van der Waals surface area contributed by atoms with Gasteiger partial charge in [0.05, 0.1) is 0 Å². The first-order valence-electron chi connectivity index (χ1n) is 7.40. The molecule has 0 amide bonds. The maximum Gasteiger partial charge on any atom is 0.0488 e. The Labute approximate surface area is 128 Å². The second kappa shape index (κ2) is 4.66. The first-order valence-corrected chi connectivity index (χ1v) is 8.57. The van der Waals surface area contributed by atoms with Crippen molar-refractivity contribution in [2.45, 2.75) is 38.1 Å². The number of hydrogen-bond donors (Lipinski definition) is 1. The molecule has 0 unspecified atom stereocenters. The van der Waals surface area contributed by atoms with Crippen LogP contribution in [0.15, 0.2) is 22.7 Å². The van der Waals surface area contributed by atoms with Gasteiger partial charge in [0.2, 0.25) is 0 Å². The van der Waals surface area contributed by atoms with Gasteiger partial charge in [-0.05, 0) is 89.9 Å². The average Bonchev–Trinajstić information content (AvgIpc) is 2.35. The number of hydrogen-bond acceptors (Lipinski definition) is 1. The van der Waals surface area contributed by atoms with Crippen LogP contribution >= 0.6 is 27.5 Å². The van der Waals surface area contributed by atoms with E-state index in [4.69, 9.17) is 11.6 Å². The molecule has 4 saturated carbocycles. The zero-order valence-electron chi connectivity index (χ0n) is 10.9. The van der Waals surface area contributed by atoms with E-state index in [1.54, 1.807) is 0 Å². The van der Waals surface area contributed by atoms with E-state index in [0.717, 1.165) is 33.2 Å². The van der Waals surface area contributed by atoms with Crippen molar-refractivity contribution in [2.75, 3.05) is 5.32 Å². The summed E-state index contributed by atoms with van der Waals surface area (Å²) in [5.41, 5.74) is 1.21. The first-order chi connectivity index (χ1) is 9.19. The van der Waals surface area contributed by atoms with E-state index in [0.29, 0.717) is 6.04 Å². The zero-order chi connectivity index (χ0) is 13.0. The highest BCUT2D eigenvalue weighted by atomic mass is 79.9. The molecule has 4 fully saturated rings. The van der Waals surface area contributed by atoms with E-state index >= 15 is 0 Å². The molecule has 1 aromatic rings. The minimum Gasteiger partial charge on any atom is -0.381 e. The molecule has 4 aliphatic carbocycles. The van der Waals surface area contributed by atoms with Gasteiger partial charge in [0.1, 0.15) is 0 Å². The maximum atomic E-state index is 6.02. The number of benzene rings is 1. The van der Waals surface area contributed by atoms with Crippen LogP contribution in [0.2, 0.25) is 5.02 Å². The topological polar surface area (TPSA) is 12.0 Å². The molecule has 4 bridgehead atoms. The molecule has 0 aliphatic heterocycles. The largest absolute Gasteiger partial charge is 0.381 e. The van der Waals surface area contributed by atoms with Crippen LogP contribution in [0.4, 0.5) is 5.69 Å². The Hall–Kier alpha value is -0.210. The van der Waals surface area contributed by atoms with Crippen molar-refractivity contribution in [2.24, 2.45) is 23.7 Å². The second-order valence-electron chi connectivity index (χ2n) is 6.73. The van der Waals surface area contributed by atoms with Crippen LogP contribution < -0.4 is 5.32 Å². The highest BCUT2D eigenvalue weighted by Gasteiger charge is 2.48. The van der Waals surface area contributed by atoms with Gasteiger partial charge in [0, 0.05) is 21.2 Å². The molecule has 0 aromatic heterocycles. The lowest BCUT2D eigenvalue weighted by Crippen LogP contribution is -2.51. The number of anilines is 1. The van der Waals surface area contributed by atoms with Gasteiger partial charge in [-0.1, -0.05) is 11.6 Å². The molecule has 5 rings (SSSR count). The molecule has 1 aromatic carbocycles. The molecule has 0 radical (unpaired) electrons. The van der Waals surface area contributed by atoms with E-state index < -0.39 is 0 Å². The van der Waals surface area contributed by atoms with Crippen molar-refractivity contribution >= 4 is 33.2 Å². The lowest BCUT2D eigenvalue weighted by Gasteiger charge is -2.54. The van der Waals surface area contributed by atoms with Crippen molar-refractivity contribution in [1.82, 2.24) is 0 Å². The fourth-order valence-electron chi connectivity index (χ4n) is 4.95. The summed E-state index contributed by atoms with van der Waals surface area (Å²) in [6.07, 6.45) is 7.34. The lowest BCUT2D eigenvalue weighted by molar-refractivity contribution is 0.00752. The van der Waals surface area contributed by atoms with Gasteiger partial charge in [-0.3, -0.25) is 0 Å². The van der Waals surface area contributed by atoms with Crippen LogP contribution in [0.1, 0.15) is 32.1 Å². The molecule has 0 saturated heterocycles. The monoisotopic (exact) mass is 339 g/mol. The van der Waals surface area contributed by atoms with Crippen molar-refractivity contribution in [1.29, 1.82) is 0 Å². The molecular formula is C16H19BrClN. The molecule has 1 nitrogen and oxygen atoms in total. The Morgan fingerprint density at radius 3 is 2.21 bits per heavy atom. The molecular weight excluding hydrogens is 322 g/mol. The Morgan fingerprint density at radius 2 is 1.63 bits per heavy atom. The van der Waals surface area contributed by atoms with Crippen LogP contribution in [0.25, 0.3) is 0 Å². The normalized spacial score (nSPS) is 39.6. The third-order valence-electron chi connectivity index (χ3n) is 5.48. The summed E-state index contributed by atoms with van der Waals surface area (Å²) in [5.74, 6) is 3.88. The Balaban J connectivity index is 1.56. The van der Waals surface area contributed by atoms with Crippen molar-refractivity contribution in [3.63, 3.8) is 0 Å². The summed E-state index contributed by atoms with van der Waals surface area (Å²) in [6.45, 7) is 0. The van der Waals surface area contributed by atoms with Gasteiger partial charge in [-0.2, -0.15) is 0 Å². The summed E-state index contributed by atoms with van der Waals surface area (Å²) >= 11 is 9.65. The first kappa shape index (κ1) is 12.5. The third-order valence-corrected chi connectivity index (χ3v) is 6.37. The predicted octanol–water partition coefficient (Wildman–Crippen LogP) is 5.34. The smallest absolute Gasteiger partial charge is 0.0488 e. The van der Waals surface area contributed by atoms with Crippen LogP contribution in [0.5, 0.6) is 0 Å². The molecule has 1 N–H and O–H groups in total. The second-order valence-corrected chi connectivity index (χ2v) is 8.02. The SMILES string of the molecule is Clc1ccc(NC2C3CC4CC(C3)CC2C4)c(Br)c1. The number of halogens is 2. The van der Waals surface area contributed by atoms with Crippen LogP contribution in [-0.2, 0) is 0 Å². The number of rotatable bonds is 2. The van der Waals surface area contributed by atoms with Crippen LogP contribution in [-0.4, -0.2) is 6.04 Å². The zero-order valence-corrected chi connectivity index (χ0v) is 13.3. The molecule has 4 aliphatic rings. The van der Waals surface area contributed by atoms with Gasteiger partial charge >= 0.3 is 0 Å². The van der Waals surface area contributed by atoms with Gasteiger partial charge in [-0.15, -0.1) is 0 Å². The summed E-state index contributed by atoms with van der Waals surface area (Å²) in [4.78, 5) is 0. The fourth-order valence-corrected chi connectivity index (χ4v) is 5.74. The van der Waals surface area contributed by atoms with E-state index in [1.807, 2.05) is 12.1 Å². The standard InChI is InChI=1S/C16H19BrClN/c17-14-8-13(18)1-2-15(14)19-16-11-4-9-3-10(6-11)7-12(16)5-9/h1-2,8-12,16,19H,3-7H2. The molecule has 0 atom stereocenters. The Morgan fingerprint density at radius 1 is 1.00 bits per heavy atom. The highest BCUT2D eigenvalue weighted by molar-refractivity contribution is 9.10. The Kier molecular flexibility index (Phi) is 3.07. The summed E-state index contributed by atoms with van der Waals surface area (Å²) in [6, 6.07) is 6.76. The third kappa shape index (κ3) is 2.21. The molecule has 0 heterocycles. The van der Waals surface area contributed by atoms with E-state index in [1.165, 1.54) is 37.8 Å². The maximum absolute atomic E-state index is 6.02. The quantitative estimate of drug-likeness (QED) is 0.766. The minimum atomic E-state index is 0.685. The van der Waals surface area contributed by atoms with E-state index in [2.05, 4.69) is 27.3 Å². The average molecular weight is 341 g/mol. The van der Waals surface area contributed by atoms with Crippen LogP contribution in [0.3, 0.4) is 0 Å². The van der Waals surface area contributed by atoms with Crippen LogP contribution in [0, 0.1) is 23.7 Å². The predicted molar refractivity (Wildman–Crippen MR) is 83.6 cm³/mol. The minimum absolute atomic E-state index is 0.685. The van der Waals surface area contributed by atoms with Gasteiger partial charge in [0.15, 0.2) is 0 Å². The number of nitrogens with one attached hydrogen (secondary N) is 1. The molecule has 102 valence electrons. The summed E-state index contributed by atoms with van der Waals surface area (Å²) in [5, 5.41) is 4.61. The molecule has 3 heteroatoms. The van der Waals surface area contributed by atoms with Crippen molar-refractivity contribution in [3.8, 4) is 0 Å². The lowest BCUT2D eigenvalue weighted by atomic mass is 9.54. The fraction of sp³-hybridized carbons (Fsp3) is 0.625.